The molecule has 0 saturated carbocycles. The monoisotopic (exact) mass is 389 g/mol. The molecule has 0 bridgehead atoms. The molecule has 3 rings (SSSR count). The van der Waals surface area contributed by atoms with Crippen molar-refractivity contribution in [1.82, 2.24) is 14.5 Å². The second-order valence-electron chi connectivity index (χ2n) is 6.87. The molecule has 0 spiro atoms. The first-order valence-corrected chi connectivity index (χ1v) is 10.5. The minimum atomic E-state index is -3.48. The average Bonchev–Trinajstić information content (AvgIpc) is 3.10. The number of likely N-dealkylation sites (tertiary alicyclic amines) is 1. The normalized spacial score (nSPS) is 17.3. The third kappa shape index (κ3) is 4.10. The number of nitrogens with zero attached hydrogens (tertiary/aromatic N) is 3. The second kappa shape index (κ2) is 7.64. The molecule has 0 aliphatic carbocycles. The van der Waals surface area contributed by atoms with Crippen LogP contribution in [0.1, 0.15) is 24.1 Å². The molecule has 1 amide bonds. The highest BCUT2D eigenvalue weighted by Crippen LogP contribution is 2.22. The van der Waals surface area contributed by atoms with E-state index in [0.717, 1.165) is 6.42 Å². The molecule has 1 unspecified atom stereocenters. The van der Waals surface area contributed by atoms with Crippen LogP contribution >= 0.6 is 0 Å². The van der Waals surface area contributed by atoms with Gasteiger partial charge < -0.3 is 4.90 Å². The molecule has 7 nitrogen and oxygen atoms in total. The van der Waals surface area contributed by atoms with E-state index in [4.69, 9.17) is 0 Å². The molecule has 1 fully saturated rings. The van der Waals surface area contributed by atoms with Crippen molar-refractivity contribution in [2.24, 2.45) is 0 Å². The minimum absolute atomic E-state index is 0.108. The molecule has 0 radical (unpaired) electrons. The lowest BCUT2D eigenvalue weighted by molar-refractivity contribution is -0.132. The fourth-order valence-corrected chi connectivity index (χ4v) is 4.96. The molecule has 1 saturated heterocycles. The first-order chi connectivity index (χ1) is 12.8. The highest BCUT2D eigenvalue weighted by molar-refractivity contribution is 7.91. The van der Waals surface area contributed by atoms with Gasteiger partial charge in [0.05, 0.1) is 17.0 Å². The zero-order valence-corrected chi connectivity index (χ0v) is 16.3. The van der Waals surface area contributed by atoms with Gasteiger partial charge >= 0.3 is 0 Å². The van der Waals surface area contributed by atoms with Crippen LogP contribution in [0.25, 0.3) is 0 Å². The maximum Gasteiger partial charge on any atom is 0.256 e. The molecule has 1 atom stereocenters. The van der Waals surface area contributed by atoms with E-state index in [1.807, 2.05) is 0 Å². The average molecular weight is 389 g/mol. The van der Waals surface area contributed by atoms with Gasteiger partial charge in [-0.3, -0.25) is 14.2 Å². The fourth-order valence-electron chi connectivity index (χ4n) is 3.34. The number of aryl methyl sites for hydroxylation is 1. The Kier molecular flexibility index (Phi) is 5.46. The van der Waals surface area contributed by atoms with Gasteiger partial charge in [0, 0.05) is 23.8 Å². The van der Waals surface area contributed by atoms with Crippen molar-refractivity contribution in [3.63, 3.8) is 0 Å². The molecule has 2 aromatic rings. The molecular weight excluding hydrogens is 366 g/mol. The minimum Gasteiger partial charge on any atom is -0.337 e. The summed E-state index contributed by atoms with van der Waals surface area (Å²) >= 11 is 0. The van der Waals surface area contributed by atoms with Gasteiger partial charge in [-0.25, -0.2) is 13.4 Å². The van der Waals surface area contributed by atoms with Gasteiger partial charge in [0.15, 0.2) is 9.84 Å². The first kappa shape index (κ1) is 19.3. The number of amides is 1. The van der Waals surface area contributed by atoms with E-state index in [0.29, 0.717) is 24.2 Å². The summed E-state index contributed by atoms with van der Waals surface area (Å²) < 4.78 is 26.6. The summed E-state index contributed by atoms with van der Waals surface area (Å²) in [6.07, 6.45) is 2.76. The Bertz CT molecular complexity index is 999. The van der Waals surface area contributed by atoms with Crippen LogP contribution in [0.2, 0.25) is 0 Å². The zero-order valence-electron chi connectivity index (χ0n) is 15.5. The fraction of sp³-hybridized carbons (Fsp3) is 0.421. The lowest BCUT2D eigenvalue weighted by Gasteiger charge is -2.25. The van der Waals surface area contributed by atoms with E-state index in [1.54, 1.807) is 49.1 Å². The molecule has 1 aromatic heterocycles. The number of hydrogen-bond acceptors (Lipinski definition) is 5. The van der Waals surface area contributed by atoms with E-state index in [-0.39, 0.29) is 34.7 Å². The summed E-state index contributed by atoms with van der Waals surface area (Å²) in [4.78, 5) is 31.0. The van der Waals surface area contributed by atoms with Gasteiger partial charge in [0.2, 0.25) is 5.91 Å². The van der Waals surface area contributed by atoms with Crippen molar-refractivity contribution in [2.45, 2.75) is 44.2 Å². The van der Waals surface area contributed by atoms with E-state index >= 15 is 0 Å². The summed E-state index contributed by atoms with van der Waals surface area (Å²) in [5.41, 5.74) is 0.898. The molecule has 1 aliphatic rings. The Labute approximate surface area is 158 Å². The third-order valence-corrected chi connectivity index (χ3v) is 6.85. The van der Waals surface area contributed by atoms with Crippen LogP contribution in [0.5, 0.6) is 0 Å². The van der Waals surface area contributed by atoms with Crippen molar-refractivity contribution in [1.29, 1.82) is 0 Å². The van der Waals surface area contributed by atoms with Crippen molar-refractivity contribution in [2.75, 3.05) is 12.3 Å². The predicted octanol–water partition coefficient (Wildman–Crippen LogP) is 1.33. The largest absolute Gasteiger partial charge is 0.337 e. The summed E-state index contributed by atoms with van der Waals surface area (Å²) in [7, 11) is -3.48. The highest BCUT2D eigenvalue weighted by Gasteiger charge is 2.33. The Balaban J connectivity index is 1.76. The molecule has 8 heteroatoms. The van der Waals surface area contributed by atoms with Gasteiger partial charge in [0.25, 0.3) is 5.56 Å². The summed E-state index contributed by atoms with van der Waals surface area (Å²) in [5.74, 6) is -0.365. The van der Waals surface area contributed by atoms with E-state index in [1.165, 1.54) is 10.9 Å². The SMILES string of the molecule is Cc1ncn(CC(=O)N2CCCC2CS(=O)(=O)c2ccccc2)c(=O)c1C. The quantitative estimate of drug-likeness (QED) is 0.770. The smallest absolute Gasteiger partial charge is 0.256 e. The molecule has 27 heavy (non-hydrogen) atoms. The van der Waals surface area contributed by atoms with Crippen molar-refractivity contribution >= 4 is 15.7 Å². The van der Waals surface area contributed by atoms with Crippen LogP contribution in [0.4, 0.5) is 0 Å². The molecule has 2 heterocycles. The van der Waals surface area contributed by atoms with Crippen molar-refractivity contribution in [3.05, 3.63) is 58.3 Å². The van der Waals surface area contributed by atoms with Gasteiger partial charge in [0.1, 0.15) is 6.54 Å². The molecular formula is C19H23N3O4S. The van der Waals surface area contributed by atoms with Crippen LogP contribution in [0.15, 0.2) is 46.3 Å². The standard InChI is InChI=1S/C19H23N3O4S/c1-14-15(2)20-13-21(19(14)24)11-18(23)22-10-6-7-16(22)12-27(25,26)17-8-4-3-5-9-17/h3-5,8-9,13,16H,6-7,10-12H2,1-2H3. The maximum absolute atomic E-state index is 12.7. The van der Waals surface area contributed by atoms with Crippen molar-refractivity contribution in [3.8, 4) is 0 Å². The van der Waals surface area contributed by atoms with E-state index in [9.17, 15) is 18.0 Å². The number of carbonyl (C=O) groups is 1. The van der Waals surface area contributed by atoms with Gasteiger partial charge in [-0.15, -0.1) is 0 Å². The van der Waals surface area contributed by atoms with Gasteiger partial charge in [-0.1, -0.05) is 18.2 Å². The van der Waals surface area contributed by atoms with E-state index < -0.39 is 9.84 Å². The number of rotatable bonds is 5. The molecule has 1 aliphatic heterocycles. The van der Waals surface area contributed by atoms with Crippen LogP contribution in [-0.2, 0) is 21.2 Å². The number of sulfone groups is 1. The topological polar surface area (TPSA) is 89.3 Å². The van der Waals surface area contributed by atoms with Gasteiger partial charge in [-0.05, 0) is 38.8 Å². The van der Waals surface area contributed by atoms with Gasteiger partial charge in [-0.2, -0.15) is 0 Å². The molecule has 144 valence electrons. The second-order valence-corrected chi connectivity index (χ2v) is 8.90. The lowest BCUT2D eigenvalue weighted by atomic mass is 10.2. The number of benzene rings is 1. The van der Waals surface area contributed by atoms with E-state index in [2.05, 4.69) is 4.98 Å². The summed E-state index contributed by atoms with van der Waals surface area (Å²) in [5, 5.41) is 0. The Morgan fingerprint density at radius 2 is 1.93 bits per heavy atom. The Morgan fingerprint density at radius 1 is 1.22 bits per heavy atom. The number of carbonyl (C=O) groups excluding carboxylic acids is 1. The number of hydrogen-bond donors (Lipinski definition) is 0. The lowest BCUT2D eigenvalue weighted by Crippen LogP contribution is -2.42. The summed E-state index contributed by atoms with van der Waals surface area (Å²) in [6.45, 7) is 3.79. The Hall–Kier alpha value is -2.48. The Morgan fingerprint density at radius 3 is 2.63 bits per heavy atom. The molecule has 0 N–H and O–H groups in total. The third-order valence-electron chi connectivity index (χ3n) is 5.03. The number of aromatic nitrogens is 2. The zero-order chi connectivity index (χ0) is 19.6. The van der Waals surface area contributed by atoms with Crippen LogP contribution in [0.3, 0.4) is 0 Å². The van der Waals surface area contributed by atoms with Crippen LogP contribution in [0, 0.1) is 13.8 Å². The van der Waals surface area contributed by atoms with Crippen LogP contribution < -0.4 is 5.56 Å². The first-order valence-electron chi connectivity index (χ1n) is 8.89. The maximum atomic E-state index is 12.7. The predicted molar refractivity (Wildman–Crippen MR) is 101 cm³/mol. The van der Waals surface area contributed by atoms with Crippen molar-refractivity contribution < 1.29 is 13.2 Å². The highest BCUT2D eigenvalue weighted by atomic mass is 32.2. The van der Waals surface area contributed by atoms with Crippen LogP contribution in [-0.4, -0.2) is 47.1 Å². The summed E-state index contributed by atoms with van der Waals surface area (Å²) in [6, 6.07) is 7.89. The molecule has 1 aromatic carbocycles.